The average Bonchev–Trinajstić information content (AvgIpc) is 2.56. The highest BCUT2D eigenvalue weighted by Crippen LogP contribution is 2.34. The van der Waals surface area contributed by atoms with E-state index in [0.29, 0.717) is 18.6 Å². The van der Waals surface area contributed by atoms with E-state index in [9.17, 15) is 32.9 Å². The Kier molecular flexibility index (Phi) is 7.35. The van der Waals surface area contributed by atoms with Gasteiger partial charge < -0.3 is 15.4 Å². The van der Waals surface area contributed by atoms with Gasteiger partial charge in [0.15, 0.2) is 6.61 Å². The molecule has 1 rings (SSSR count). The van der Waals surface area contributed by atoms with Crippen molar-refractivity contribution in [2.45, 2.75) is 32.5 Å². The minimum atomic E-state index is -4.73. The Labute approximate surface area is 146 Å². The summed E-state index contributed by atoms with van der Waals surface area (Å²) in [6.07, 6.45) is -4.04. The Hall–Kier alpha value is -2.85. The number of hydrogen-bond donors (Lipinski definition) is 2. The summed E-state index contributed by atoms with van der Waals surface area (Å²) in [5, 5.41) is 15.8. The van der Waals surface area contributed by atoms with Gasteiger partial charge in [0.2, 0.25) is 0 Å². The van der Waals surface area contributed by atoms with Crippen molar-refractivity contribution < 1.29 is 32.4 Å². The Balaban J connectivity index is 2.65. The lowest BCUT2D eigenvalue weighted by Gasteiger charge is -2.12. The molecule has 8 nitrogen and oxygen atoms in total. The molecule has 1 aromatic carbocycles. The lowest BCUT2D eigenvalue weighted by atomic mass is 10.1. The van der Waals surface area contributed by atoms with Crippen LogP contribution in [0.25, 0.3) is 0 Å². The SMILES string of the molecule is CC[C@@H](C)NC(=O)COC(=O)CNc1ccc(C(F)(F)F)cc1[N+](=O)[O-]. The number of rotatable bonds is 8. The summed E-state index contributed by atoms with van der Waals surface area (Å²) in [7, 11) is 0. The van der Waals surface area contributed by atoms with Crippen molar-refractivity contribution in [1.29, 1.82) is 0 Å². The molecule has 0 saturated carbocycles. The van der Waals surface area contributed by atoms with Gasteiger partial charge in [0.25, 0.3) is 11.6 Å². The molecular weight excluding hydrogens is 359 g/mol. The van der Waals surface area contributed by atoms with E-state index in [0.717, 1.165) is 6.07 Å². The van der Waals surface area contributed by atoms with E-state index < -0.39 is 47.4 Å². The first kappa shape index (κ1) is 21.2. The van der Waals surface area contributed by atoms with Gasteiger partial charge >= 0.3 is 12.1 Å². The van der Waals surface area contributed by atoms with Gasteiger partial charge in [-0.15, -0.1) is 0 Å². The van der Waals surface area contributed by atoms with Crippen LogP contribution in [0.3, 0.4) is 0 Å². The minimum absolute atomic E-state index is 0.0888. The quantitative estimate of drug-likeness (QED) is 0.409. The molecule has 0 unspecified atom stereocenters. The Morgan fingerprint density at radius 3 is 2.54 bits per heavy atom. The zero-order valence-corrected chi connectivity index (χ0v) is 14.1. The average molecular weight is 377 g/mol. The molecule has 0 fully saturated rings. The molecule has 0 heterocycles. The van der Waals surface area contributed by atoms with Crippen LogP contribution in [0.5, 0.6) is 0 Å². The molecule has 0 aliphatic rings. The molecule has 1 amide bonds. The van der Waals surface area contributed by atoms with Crippen molar-refractivity contribution in [2.24, 2.45) is 0 Å². The molecule has 0 aliphatic carbocycles. The number of ether oxygens (including phenoxy) is 1. The van der Waals surface area contributed by atoms with Crippen molar-refractivity contribution in [3.8, 4) is 0 Å². The maximum Gasteiger partial charge on any atom is 0.416 e. The minimum Gasteiger partial charge on any atom is -0.454 e. The number of nitro groups is 1. The van der Waals surface area contributed by atoms with Crippen LogP contribution in [0, 0.1) is 10.1 Å². The van der Waals surface area contributed by atoms with Crippen LogP contribution in [0.15, 0.2) is 18.2 Å². The smallest absolute Gasteiger partial charge is 0.416 e. The van der Waals surface area contributed by atoms with Crippen molar-refractivity contribution in [1.82, 2.24) is 5.32 Å². The number of esters is 1. The van der Waals surface area contributed by atoms with E-state index in [4.69, 9.17) is 0 Å². The molecule has 0 aliphatic heterocycles. The number of alkyl halides is 3. The normalized spacial score (nSPS) is 12.2. The van der Waals surface area contributed by atoms with Crippen LogP contribution in [-0.4, -0.2) is 36.0 Å². The van der Waals surface area contributed by atoms with Gasteiger partial charge in [-0.2, -0.15) is 13.2 Å². The second-order valence-electron chi connectivity index (χ2n) is 5.38. The van der Waals surface area contributed by atoms with Gasteiger partial charge in [-0.1, -0.05) is 6.92 Å². The lowest BCUT2D eigenvalue weighted by Crippen LogP contribution is -2.36. The summed E-state index contributed by atoms with van der Waals surface area (Å²) in [6, 6.07) is 1.78. The lowest BCUT2D eigenvalue weighted by molar-refractivity contribution is -0.384. The van der Waals surface area contributed by atoms with E-state index in [-0.39, 0.29) is 11.7 Å². The molecular formula is C15H18F3N3O5. The zero-order chi connectivity index (χ0) is 19.9. The molecule has 0 spiro atoms. The summed E-state index contributed by atoms with van der Waals surface area (Å²) in [5.74, 6) is -1.40. The van der Waals surface area contributed by atoms with Gasteiger partial charge in [-0.3, -0.25) is 19.7 Å². The predicted octanol–water partition coefficient (Wildman–Crippen LogP) is 2.48. The van der Waals surface area contributed by atoms with Gasteiger partial charge in [-0.05, 0) is 25.5 Å². The van der Waals surface area contributed by atoms with Crippen molar-refractivity contribution in [3.63, 3.8) is 0 Å². The van der Waals surface area contributed by atoms with Crippen molar-refractivity contribution >= 4 is 23.3 Å². The first-order chi connectivity index (χ1) is 12.0. The van der Waals surface area contributed by atoms with Crippen LogP contribution >= 0.6 is 0 Å². The monoisotopic (exact) mass is 377 g/mol. The van der Waals surface area contributed by atoms with Gasteiger partial charge in [-0.25, -0.2) is 0 Å². The van der Waals surface area contributed by atoms with E-state index in [1.807, 2.05) is 6.92 Å². The Bertz CT molecular complexity index is 679. The number of benzene rings is 1. The van der Waals surface area contributed by atoms with Gasteiger partial charge in [0, 0.05) is 12.1 Å². The predicted molar refractivity (Wildman–Crippen MR) is 85.4 cm³/mol. The number of nitrogens with one attached hydrogen (secondary N) is 2. The first-order valence-corrected chi connectivity index (χ1v) is 7.59. The van der Waals surface area contributed by atoms with Crippen molar-refractivity contribution in [3.05, 3.63) is 33.9 Å². The number of carbonyl (C=O) groups excluding carboxylic acids is 2. The van der Waals surface area contributed by atoms with Crippen LogP contribution in [0.4, 0.5) is 24.5 Å². The molecule has 11 heteroatoms. The number of anilines is 1. The van der Waals surface area contributed by atoms with E-state index in [1.54, 1.807) is 6.92 Å². The number of halogens is 3. The molecule has 0 aromatic heterocycles. The molecule has 0 saturated heterocycles. The molecule has 1 aromatic rings. The van der Waals surface area contributed by atoms with E-state index >= 15 is 0 Å². The summed E-state index contributed by atoms with van der Waals surface area (Å²) in [4.78, 5) is 33.0. The third-order valence-corrected chi connectivity index (χ3v) is 3.33. The highest BCUT2D eigenvalue weighted by Gasteiger charge is 2.33. The molecule has 0 bridgehead atoms. The fourth-order valence-corrected chi connectivity index (χ4v) is 1.79. The van der Waals surface area contributed by atoms with E-state index in [2.05, 4.69) is 15.4 Å². The van der Waals surface area contributed by atoms with Crippen LogP contribution in [0.2, 0.25) is 0 Å². The number of carbonyl (C=O) groups is 2. The number of amides is 1. The van der Waals surface area contributed by atoms with Gasteiger partial charge in [0.05, 0.1) is 10.5 Å². The summed E-state index contributed by atoms with van der Waals surface area (Å²) < 4.78 is 42.5. The first-order valence-electron chi connectivity index (χ1n) is 7.59. The standard InChI is InChI=1S/C15H18F3N3O5/c1-3-9(2)20-13(22)8-26-14(23)7-19-11-5-4-10(15(16,17)18)6-12(11)21(24)25/h4-6,9,19H,3,7-8H2,1-2H3,(H,20,22)/t9-/m1/s1. The largest absolute Gasteiger partial charge is 0.454 e. The fraction of sp³-hybridized carbons (Fsp3) is 0.467. The van der Waals surface area contributed by atoms with Crippen molar-refractivity contribution in [2.75, 3.05) is 18.5 Å². The van der Waals surface area contributed by atoms with Crippen LogP contribution in [0.1, 0.15) is 25.8 Å². The second-order valence-corrected chi connectivity index (χ2v) is 5.38. The second kappa shape index (κ2) is 9.02. The zero-order valence-electron chi connectivity index (χ0n) is 14.1. The maximum absolute atomic E-state index is 12.6. The van der Waals surface area contributed by atoms with Crippen LogP contribution < -0.4 is 10.6 Å². The maximum atomic E-state index is 12.6. The highest BCUT2D eigenvalue weighted by atomic mass is 19.4. The molecule has 2 N–H and O–H groups in total. The highest BCUT2D eigenvalue weighted by molar-refractivity contribution is 5.82. The van der Waals surface area contributed by atoms with E-state index in [1.165, 1.54) is 0 Å². The van der Waals surface area contributed by atoms with Crippen LogP contribution in [-0.2, 0) is 20.5 Å². The Morgan fingerprint density at radius 2 is 2.00 bits per heavy atom. The number of nitrogens with zero attached hydrogens (tertiary/aromatic N) is 1. The summed E-state index contributed by atoms with van der Waals surface area (Å²) in [6.45, 7) is 2.55. The number of hydrogen-bond acceptors (Lipinski definition) is 6. The third kappa shape index (κ3) is 6.57. The molecule has 26 heavy (non-hydrogen) atoms. The summed E-state index contributed by atoms with van der Waals surface area (Å²) in [5.41, 5.74) is -2.29. The molecule has 0 radical (unpaired) electrons. The number of nitro benzene ring substituents is 1. The molecule has 1 atom stereocenters. The third-order valence-electron chi connectivity index (χ3n) is 3.33. The summed E-state index contributed by atoms with van der Waals surface area (Å²) >= 11 is 0. The molecule has 144 valence electrons. The Morgan fingerprint density at radius 1 is 1.35 bits per heavy atom. The fourth-order valence-electron chi connectivity index (χ4n) is 1.79. The van der Waals surface area contributed by atoms with Gasteiger partial charge in [0.1, 0.15) is 12.2 Å². The topological polar surface area (TPSA) is 111 Å².